The molecule has 0 aliphatic rings. The van der Waals surface area contributed by atoms with Gasteiger partial charge in [-0.1, -0.05) is 21.9 Å². The molecule has 1 rings (SSSR count). The summed E-state index contributed by atoms with van der Waals surface area (Å²) in [6, 6.07) is 5.61. The normalized spacial score (nSPS) is 11.4. The molecule has 0 atom stereocenters. The van der Waals surface area contributed by atoms with E-state index in [1.54, 1.807) is 0 Å². The van der Waals surface area contributed by atoms with Gasteiger partial charge in [0.25, 0.3) is 0 Å². The van der Waals surface area contributed by atoms with Crippen LogP contribution in [0.4, 0.5) is 0 Å². The zero-order valence-electron chi connectivity index (χ0n) is 12.1. The third-order valence-electron chi connectivity index (χ3n) is 2.74. The predicted octanol–water partition coefficient (Wildman–Crippen LogP) is 1.44. The third kappa shape index (κ3) is 6.06. The molecule has 1 aromatic carbocycles. The van der Waals surface area contributed by atoms with Crippen LogP contribution in [0.5, 0.6) is 5.75 Å². The van der Waals surface area contributed by atoms with Crippen LogP contribution in [0.15, 0.2) is 22.7 Å². The number of halogens is 1. The standard InChI is InChI=1S/C14H19BrN2O3S/c1-4-8-20-14-6-5-13(15)10-12(14)11-16-7-9-21(18,19)17(2)3/h1,5-6,10,16H,7-9,11H2,2-3H3. The fourth-order valence-electron chi connectivity index (χ4n) is 1.55. The summed E-state index contributed by atoms with van der Waals surface area (Å²) in [5.41, 5.74) is 0.918. The second-order valence-corrected chi connectivity index (χ2v) is 7.74. The number of hydrogen-bond donors (Lipinski definition) is 1. The maximum Gasteiger partial charge on any atom is 0.214 e. The maximum atomic E-state index is 11.6. The first-order valence-corrected chi connectivity index (χ1v) is 8.72. The Morgan fingerprint density at radius 2 is 2.14 bits per heavy atom. The summed E-state index contributed by atoms with van der Waals surface area (Å²) >= 11 is 3.40. The number of benzene rings is 1. The first-order valence-electron chi connectivity index (χ1n) is 6.32. The van der Waals surface area contributed by atoms with E-state index in [4.69, 9.17) is 11.2 Å². The van der Waals surface area contributed by atoms with Gasteiger partial charge in [-0.2, -0.15) is 0 Å². The maximum absolute atomic E-state index is 11.6. The van der Waals surface area contributed by atoms with Crippen molar-refractivity contribution in [1.82, 2.24) is 9.62 Å². The number of rotatable bonds is 8. The van der Waals surface area contributed by atoms with E-state index in [1.165, 1.54) is 18.4 Å². The number of nitrogens with one attached hydrogen (secondary N) is 1. The third-order valence-corrected chi connectivity index (χ3v) is 5.07. The highest BCUT2D eigenvalue weighted by atomic mass is 79.9. The summed E-state index contributed by atoms with van der Waals surface area (Å²) in [7, 11) is -0.135. The van der Waals surface area contributed by atoms with Gasteiger partial charge < -0.3 is 10.1 Å². The molecule has 0 heterocycles. The molecule has 0 spiro atoms. The molecule has 0 radical (unpaired) electrons. The molecule has 0 amide bonds. The Morgan fingerprint density at radius 3 is 2.76 bits per heavy atom. The molecule has 1 N–H and O–H groups in total. The summed E-state index contributed by atoms with van der Waals surface area (Å²) in [5, 5.41) is 3.10. The molecule has 0 aromatic heterocycles. The number of hydrogen-bond acceptors (Lipinski definition) is 4. The van der Waals surface area contributed by atoms with Crippen molar-refractivity contribution >= 4 is 26.0 Å². The Labute approximate surface area is 134 Å². The lowest BCUT2D eigenvalue weighted by atomic mass is 10.2. The quantitative estimate of drug-likeness (QED) is 0.552. The minimum Gasteiger partial charge on any atom is -0.481 e. The largest absolute Gasteiger partial charge is 0.481 e. The average Bonchev–Trinajstić information content (AvgIpc) is 2.42. The van der Waals surface area contributed by atoms with Crippen LogP contribution in [0, 0.1) is 12.3 Å². The highest BCUT2D eigenvalue weighted by Gasteiger charge is 2.12. The molecule has 7 heteroatoms. The Balaban J connectivity index is 2.59. The first-order chi connectivity index (χ1) is 9.86. The number of terminal acetylenes is 1. The van der Waals surface area contributed by atoms with Gasteiger partial charge in [-0.3, -0.25) is 0 Å². The molecule has 0 aliphatic carbocycles. The Hall–Kier alpha value is -1.07. The van der Waals surface area contributed by atoms with Crippen LogP contribution in [0.2, 0.25) is 0 Å². The summed E-state index contributed by atoms with van der Waals surface area (Å²) in [6.45, 7) is 1.06. The fourth-order valence-corrected chi connectivity index (χ4v) is 2.73. The second-order valence-electron chi connectivity index (χ2n) is 4.52. The number of nitrogens with zero attached hydrogens (tertiary/aromatic N) is 1. The lowest BCUT2D eigenvalue weighted by Crippen LogP contribution is -2.31. The summed E-state index contributed by atoms with van der Waals surface area (Å²) < 4.78 is 30.9. The van der Waals surface area contributed by atoms with E-state index in [2.05, 4.69) is 27.2 Å². The van der Waals surface area contributed by atoms with Crippen molar-refractivity contribution in [1.29, 1.82) is 0 Å². The van der Waals surface area contributed by atoms with E-state index < -0.39 is 10.0 Å². The molecule has 0 unspecified atom stereocenters. The summed E-state index contributed by atoms with van der Waals surface area (Å²) in [5.74, 6) is 3.16. The molecule has 5 nitrogen and oxygen atoms in total. The van der Waals surface area contributed by atoms with E-state index in [0.29, 0.717) is 18.8 Å². The molecular formula is C14H19BrN2O3S. The van der Waals surface area contributed by atoms with Crippen LogP contribution in [-0.4, -0.2) is 45.7 Å². The van der Waals surface area contributed by atoms with Gasteiger partial charge in [0.15, 0.2) is 0 Å². The summed E-state index contributed by atoms with van der Waals surface area (Å²) in [6.07, 6.45) is 5.18. The van der Waals surface area contributed by atoms with Gasteiger partial charge in [0, 0.05) is 37.2 Å². The van der Waals surface area contributed by atoms with Crippen molar-refractivity contribution < 1.29 is 13.2 Å². The van der Waals surface area contributed by atoms with Crippen LogP contribution in [0.25, 0.3) is 0 Å². The van der Waals surface area contributed by atoms with Gasteiger partial charge in [0.1, 0.15) is 12.4 Å². The second kappa shape index (κ2) is 8.39. The van der Waals surface area contributed by atoms with Crippen molar-refractivity contribution in [2.75, 3.05) is 33.0 Å². The van der Waals surface area contributed by atoms with Crippen molar-refractivity contribution in [2.45, 2.75) is 6.54 Å². The number of sulfonamides is 1. The number of ether oxygens (including phenoxy) is 1. The van der Waals surface area contributed by atoms with Gasteiger partial charge >= 0.3 is 0 Å². The minimum absolute atomic E-state index is 0.0501. The van der Waals surface area contributed by atoms with Gasteiger partial charge in [-0.05, 0) is 18.2 Å². The molecule has 21 heavy (non-hydrogen) atoms. The van der Waals surface area contributed by atoms with Crippen molar-refractivity contribution in [2.24, 2.45) is 0 Å². The lowest BCUT2D eigenvalue weighted by Gasteiger charge is -2.13. The Bertz CT molecular complexity index is 609. The first kappa shape index (κ1) is 18.0. The van der Waals surface area contributed by atoms with E-state index in [1.807, 2.05) is 18.2 Å². The smallest absolute Gasteiger partial charge is 0.214 e. The monoisotopic (exact) mass is 374 g/mol. The van der Waals surface area contributed by atoms with Gasteiger partial charge in [0.05, 0.1) is 5.75 Å². The van der Waals surface area contributed by atoms with Gasteiger partial charge in [0.2, 0.25) is 10.0 Å². The Morgan fingerprint density at radius 1 is 1.43 bits per heavy atom. The molecular weight excluding hydrogens is 356 g/mol. The van der Waals surface area contributed by atoms with E-state index in [0.717, 1.165) is 10.0 Å². The van der Waals surface area contributed by atoms with Crippen LogP contribution >= 0.6 is 15.9 Å². The Kier molecular flexibility index (Phi) is 7.18. The van der Waals surface area contributed by atoms with Crippen molar-refractivity contribution in [3.63, 3.8) is 0 Å². The molecule has 1 aromatic rings. The zero-order chi connectivity index (χ0) is 15.9. The molecule has 0 fully saturated rings. The van der Waals surface area contributed by atoms with Gasteiger partial charge in [-0.15, -0.1) is 6.42 Å². The van der Waals surface area contributed by atoms with E-state index >= 15 is 0 Å². The van der Waals surface area contributed by atoms with Crippen LogP contribution in [0.3, 0.4) is 0 Å². The van der Waals surface area contributed by atoms with E-state index in [-0.39, 0.29) is 12.4 Å². The topological polar surface area (TPSA) is 58.6 Å². The molecule has 0 saturated heterocycles. The van der Waals surface area contributed by atoms with Crippen molar-refractivity contribution in [3.05, 3.63) is 28.2 Å². The SMILES string of the molecule is C#CCOc1ccc(Br)cc1CNCCS(=O)(=O)N(C)C. The highest BCUT2D eigenvalue weighted by molar-refractivity contribution is 9.10. The van der Waals surface area contributed by atoms with Crippen LogP contribution in [-0.2, 0) is 16.6 Å². The predicted molar refractivity (Wildman–Crippen MR) is 87.7 cm³/mol. The van der Waals surface area contributed by atoms with Crippen LogP contribution < -0.4 is 10.1 Å². The van der Waals surface area contributed by atoms with E-state index in [9.17, 15) is 8.42 Å². The fraction of sp³-hybridized carbons (Fsp3) is 0.429. The average molecular weight is 375 g/mol. The molecule has 0 bridgehead atoms. The molecule has 116 valence electrons. The summed E-state index contributed by atoms with van der Waals surface area (Å²) in [4.78, 5) is 0. The zero-order valence-corrected chi connectivity index (χ0v) is 14.5. The lowest BCUT2D eigenvalue weighted by molar-refractivity contribution is 0.365. The molecule has 0 saturated carbocycles. The van der Waals surface area contributed by atoms with Crippen molar-refractivity contribution in [3.8, 4) is 18.1 Å². The van der Waals surface area contributed by atoms with Gasteiger partial charge in [-0.25, -0.2) is 12.7 Å². The molecule has 0 aliphatic heterocycles. The highest BCUT2D eigenvalue weighted by Crippen LogP contribution is 2.23. The minimum atomic E-state index is -3.18. The van der Waals surface area contributed by atoms with Crippen LogP contribution in [0.1, 0.15) is 5.56 Å².